The van der Waals surface area contributed by atoms with Gasteiger partial charge in [-0.2, -0.15) is 5.10 Å². The zero-order valence-electron chi connectivity index (χ0n) is 10.3. The van der Waals surface area contributed by atoms with Gasteiger partial charge in [0.2, 0.25) is 0 Å². The van der Waals surface area contributed by atoms with Crippen LogP contribution in [0.1, 0.15) is 31.3 Å². The molecule has 2 rings (SSSR count). The van der Waals surface area contributed by atoms with E-state index in [1.807, 2.05) is 10.7 Å². The van der Waals surface area contributed by atoms with Crippen LogP contribution in [0.5, 0.6) is 0 Å². The predicted octanol–water partition coefficient (Wildman–Crippen LogP) is 3.61. The highest BCUT2D eigenvalue weighted by Crippen LogP contribution is 2.30. The van der Waals surface area contributed by atoms with Crippen molar-refractivity contribution in [3.05, 3.63) is 39.5 Å². The van der Waals surface area contributed by atoms with Gasteiger partial charge in [0.05, 0.1) is 16.4 Å². The molecule has 18 heavy (non-hydrogen) atoms. The standard InChI is InChI=1S/C12H15BrClN3O/c1-3-15-11(9-5-6-10(14)18-9)12-8(13)7-16-17(12)4-2/h5-7,11,15H,3-4H2,1-2H3. The molecular formula is C12H15BrClN3O. The highest BCUT2D eigenvalue weighted by molar-refractivity contribution is 9.10. The SMILES string of the molecule is CCNC(c1ccc(Cl)o1)c1c(Br)cnn1CC. The quantitative estimate of drug-likeness (QED) is 0.909. The van der Waals surface area contributed by atoms with E-state index in [2.05, 4.69) is 40.2 Å². The Labute approximate surface area is 119 Å². The normalized spacial score (nSPS) is 12.9. The molecule has 2 heterocycles. The first-order chi connectivity index (χ1) is 8.67. The van der Waals surface area contributed by atoms with E-state index in [1.54, 1.807) is 12.3 Å². The molecule has 0 aliphatic heterocycles. The van der Waals surface area contributed by atoms with Crippen molar-refractivity contribution in [2.45, 2.75) is 26.4 Å². The highest BCUT2D eigenvalue weighted by atomic mass is 79.9. The van der Waals surface area contributed by atoms with Crippen molar-refractivity contribution in [2.24, 2.45) is 0 Å². The Morgan fingerprint density at radius 2 is 2.28 bits per heavy atom. The summed E-state index contributed by atoms with van der Waals surface area (Å²) < 4.78 is 8.42. The lowest BCUT2D eigenvalue weighted by molar-refractivity contribution is 0.432. The van der Waals surface area contributed by atoms with Gasteiger partial charge >= 0.3 is 0 Å². The van der Waals surface area contributed by atoms with Crippen LogP contribution >= 0.6 is 27.5 Å². The molecule has 0 bridgehead atoms. The van der Waals surface area contributed by atoms with Crippen molar-refractivity contribution >= 4 is 27.5 Å². The van der Waals surface area contributed by atoms with E-state index in [0.717, 1.165) is 29.0 Å². The molecule has 2 aromatic rings. The summed E-state index contributed by atoms with van der Waals surface area (Å²) in [6.07, 6.45) is 1.80. The molecule has 2 aromatic heterocycles. The molecule has 0 fully saturated rings. The summed E-state index contributed by atoms with van der Waals surface area (Å²) in [4.78, 5) is 0. The van der Waals surface area contributed by atoms with Gasteiger partial charge in [-0.1, -0.05) is 6.92 Å². The number of aromatic nitrogens is 2. The van der Waals surface area contributed by atoms with E-state index < -0.39 is 0 Å². The third-order valence-electron chi connectivity index (χ3n) is 2.69. The number of furan rings is 1. The van der Waals surface area contributed by atoms with Gasteiger partial charge in [0, 0.05) is 6.54 Å². The molecular weight excluding hydrogens is 318 g/mol. The van der Waals surface area contributed by atoms with Crippen LogP contribution in [0.3, 0.4) is 0 Å². The molecule has 0 aliphatic rings. The van der Waals surface area contributed by atoms with E-state index in [1.165, 1.54) is 0 Å². The van der Waals surface area contributed by atoms with Gasteiger partial charge in [-0.05, 0) is 53.1 Å². The van der Waals surface area contributed by atoms with Crippen LogP contribution in [0.25, 0.3) is 0 Å². The van der Waals surface area contributed by atoms with Gasteiger partial charge in [-0.25, -0.2) is 0 Å². The van der Waals surface area contributed by atoms with Crippen molar-refractivity contribution in [3.63, 3.8) is 0 Å². The molecule has 0 spiro atoms. The maximum Gasteiger partial charge on any atom is 0.193 e. The minimum absolute atomic E-state index is 0.0562. The topological polar surface area (TPSA) is 43.0 Å². The lowest BCUT2D eigenvalue weighted by atomic mass is 10.1. The maximum absolute atomic E-state index is 5.85. The Kier molecular flexibility index (Phi) is 4.48. The average molecular weight is 333 g/mol. The Morgan fingerprint density at radius 3 is 2.83 bits per heavy atom. The Bertz CT molecular complexity index is 523. The van der Waals surface area contributed by atoms with Gasteiger partial charge in [-0.15, -0.1) is 0 Å². The minimum Gasteiger partial charge on any atom is -0.448 e. The molecule has 0 saturated heterocycles. The molecule has 0 saturated carbocycles. The Morgan fingerprint density at radius 1 is 1.50 bits per heavy atom. The van der Waals surface area contributed by atoms with Crippen molar-refractivity contribution in [1.29, 1.82) is 0 Å². The average Bonchev–Trinajstić information content (AvgIpc) is 2.93. The number of halogens is 2. The zero-order valence-corrected chi connectivity index (χ0v) is 12.6. The third kappa shape index (κ3) is 2.63. The monoisotopic (exact) mass is 331 g/mol. The molecule has 0 aromatic carbocycles. The second-order valence-electron chi connectivity index (χ2n) is 3.83. The Hall–Kier alpha value is -0.780. The van der Waals surface area contributed by atoms with Crippen LogP contribution < -0.4 is 5.32 Å². The van der Waals surface area contributed by atoms with Gasteiger partial charge in [-0.3, -0.25) is 4.68 Å². The second kappa shape index (κ2) is 5.91. The van der Waals surface area contributed by atoms with Crippen molar-refractivity contribution in [1.82, 2.24) is 15.1 Å². The van der Waals surface area contributed by atoms with Gasteiger partial charge in [0.15, 0.2) is 5.22 Å². The summed E-state index contributed by atoms with van der Waals surface area (Å²) in [5.74, 6) is 0.790. The fourth-order valence-electron chi connectivity index (χ4n) is 1.93. The van der Waals surface area contributed by atoms with Crippen molar-refractivity contribution in [2.75, 3.05) is 6.54 Å². The molecule has 98 valence electrons. The predicted molar refractivity (Wildman–Crippen MR) is 74.8 cm³/mol. The molecule has 0 aliphatic carbocycles. The highest BCUT2D eigenvalue weighted by Gasteiger charge is 2.23. The van der Waals surface area contributed by atoms with Crippen molar-refractivity contribution < 1.29 is 4.42 Å². The van der Waals surface area contributed by atoms with Crippen LogP contribution in [0.4, 0.5) is 0 Å². The number of rotatable bonds is 5. The van der Waals surface area contributed by atoms with E-state index in [9.17, 15) is 0 Å². The van der Waals surface area contributed by atoms with Gasteiger partial charge in [0.1, 0.15) is 11.8 Å². The zero-order chi connectivity index (χ0) is 13.1. The molecule has 6 heteroatoms. The number of hydrogen-bond donors (Lipinski definition) is 1. The summed E-state index contributed by atoms with van der Waals surface area (Å²) >= 11 is 9.39. The van der Waals surface area contributed by atoms with Crippen LogP contribution in [0.15, 0.2) is 27.2 Å². The van der Waals surface area contributed by atoms with Crippen molar-refractivity contribution in [3.8, 4) is 0 Å². The van der Waals surface area contributed by atoms with E-state index in [0.29, 0.717) is 5.22 Å². The first kappa shape index (κ1) is 13.6. The second-order valence-corrected chi connectivity index (χ2v) is 5.05. The first-order valence-corrected chi connectivity index (χ1v) is 7.04. The van der Waals surface area contributed by atoms with E-state index in [4.69, 9.17) is 16.0 Å². The number of hydrogen-bond acceptors (Lipinski definition) is 3. The fourth-order valence-corrected chi connectivity index (χ4v) is 2.61. The lowest BCUT2D eigenvalue weighted by Gasteiger charge is -2.17. The largest absolute Gasteiger partial charge is 0.448 e. The maximum atomic E-state index is 5.85. The number of aryl methyl sites for hydroxylation is 1. The molecule has 0 radical (unpaired) electrons. The van der Waals surface area contributed by atoms with Crippen LogP contribution in [-0.4, -0.2) is 16.3 Å². The summed E-state index contributed by atoms with van der Waals surface area (Å²) in [5.41, 5.74) is 1.05. The summed E-state index contributed by atoms with van der Waals surface area (Å²) in [7, 11) is 0. The molecule has 1 unspecified atom stereocenters. The number of nitrogens with one attached hydrogen (secondary N) is 1. The first-order valence-electron chi connectivity index (χ1n) is 5.87. The summed E-state index contributed by atoms with van der Waals surface area (Å²) in [6, 6.07) is 3.58. The minimum atomic E-state index is -0.0562. The molecule has 4 nitrogen and oxygen atoms in total. The fraction of sp³-hybridized carbons (Fsp3) is 0.417. The lowest BCUT2D eigenvalue weighted by Crippen LogP contribution is -2.24. The van der Waals surface area contributed by atoms with Crippen LogP contribution in [0, 0.1) is 0 Å². The van der Waals surface area contributed by atoms with E-state index in [-0.39, 0.29) is 6.04 Å². The summed E-state index contributed by atoms with van der Waals surface area (Å²) in [6.45, 7) is 5.74. The molecule has 1 N–H and O–H groups in total. The third-order valence-corrected chi connectivity index (χ3v) is 3.51. The van der Waals surface area contributed by atoms with Crippen LogP contribution in [-0.2, 0) is 6.54 Å². The molecule has 0 amide bonds. The van der Waals surface area contributed by atoms with Gasteiger partial charge < -0.3 is 9.73 Å². The Balaban J connectivity index is 2.43. The van der Waals surface area contributed by atoms with Gasteiger partial charge in [0.25, 0.3) is 0 Å². The smallest absolute Gasteiger partial charge is 0.193 e. The van der Waals surface area contributed by atoms with E-state index >= 15 is 0 Å². The summed E-state index contributed by atoms with van der Waals surface area (Å²) in [5, 5.41) is 8.11. The number of nitrogens with zero attached hydrogens (tertiary/aromatic N) is 2. The van der Waals surface area contributed by atoms with Crippen LogP contribution in [0.2, 0.25) is 5.22 Å². The molecule has 1 atom stereocenters.